The Balaban J connectivity index is 1.19. The molecule has 2 unspecified atom stereocenters. The Morgan fingerprint density at radius 3 is 2.39 bits per heavy atom. The van der Waals surface area contributed by atoms with Crippen LogP contribution in [-0.4, -0.2) is 66.2 Å². The number of piperidine rings is 3. The molecule has 3 saturated heterocycles. The Morgan fingerprint density at radius 1 is 1.03 bits per heavy atom. The van der Waals surface area contributed by atoms with Gasteiger partial charge in [0.1, 0.15) is 5.82 Å². The Labute approximate surface area is 209 Å². The Bertz CT molecular complexity index is 1030. The lowest BCUT2D eigenvalue weighted by Gasteiger charge is -2.42. The number of hydrogen-bond donors (Lipinski definition) is 1. The van der Waals surface area contributed by atoms with Crippen molar-refractivity contribution in [2.24, 2.45) is 5.41 Å². The first kappa shape index (κ1) is 25.2. The maximum atomic E-state index is 15.2. The molecule has 6 nitrogen and oxygen atoms in total. The van der Waals surface area contributed by atoms with Gasteiger partial charge < -0.3 is 4.90 Å². The van der Waals surface area contributed by atoms with Crippen LogP contribution in [0.15, 0.2) is 18.2 Å². The lowest BCUT2D eigenvalue weighted by atomic mass is 9.77. The highest BCUT2D eigenvalue weighted by atomic mass is 19.3. The lowest BCUT2D eigenvalue weighted by Crippen LogP contribution is -2.52. The second-order valence-electron chi connectivity index (χ2n) is 11.2. The normalized spacial score (nSPS) is 28.4. The fraction of sp³-hybridized carbons (Fsp3) is 0.667. The molecule has 1 aromatic rings. The molecule has 196 valence electrons. The monoisotopic (exact) mass is 505 g/mol. The van der Waals surface area contributed by atoms with Crippen LogP contribution in [0, 0.1) is 11.2 Å². The molecule has 3 heterocycles. The molecule has 4 aliphatic rings. The van der Waals surface area contributed by atoms with E-state index in [2.05, 4.69) is 5.32 Å². The summed E-state index contributed by atoms with van der Waals surface area (Å²) >= 11 is 0. The minimum absolute atomic E-state index is 0.0355. The topological polar surface area (TPSA) is 69.7 Å². The highest BCUT2D eigenvalue weighted by Gasteiger charge is 2.47. The van der Waals surface area contributed by atoms with Gasteiger partial charge in [0.15, 0.2) is 0 Å². The summed E-state index contributed by atoms with van der Waals surface area (Å²) in [6, 6.07) is 4.01. The minimum Gasteiger partial charge on any atom is -0.342 e. The van der Waals surface area contributed by atoms with Crippen molar-refractivity contribution in [2.75, 3.05) is 32.7 Å². The molecule has 4 fully saturated rings. The van der Waals surface area contributed by atoms with Crippen molar-refractivity contribution in [1.29, 1.82) is 0 Å². The van der Waals surface area contributed by atoms with Crippen molar-refractivity contribution in [3.05, 3.63) is 35.1 Å². The number of nitrogens with one attached hydrogen (secondary N) is 1. The predicted molar refractivity (Wildman–Crippen MR) is 127 cm³/mol. The number of hydrogen-bond acceptors (Lipinski definition) is 4. The summed E-state index contributed by atoms with van der Waals surface area (Å²) in [6.45, 7) is 1.08. The highest BCUT2D eigenvalue weighted by molar-refractivity contribution is 6.00. The van der Waals surface area contributed by atoms with Crippen LogP contribution >= 0.6 is 0 Å². The number of halogens is 3. The van der Waals surface area contributed by atoms with Crippen LogP contribution < -0.4 is 5.32 Å². The zero-order chi connectivity index (χ0) is 25.5. The molecule has 0 radical (unpaired) electrons. The van der Waals surface area contributed by atoms with Gasteiger partial charge in [-0.1, -0.05) is 25.0 Å². The van der Waals surface area contributed by atoms with Gasteiger partial charge >= 0.3 is 0 Å². The number of alkyl halides is 2. The molecule has 2 atom stereocenters. The first-order chi connectivity index (χ1) is 17.2. The van der Waals surface area contributed by atoms with Gasteiger partial charge in [0.25, 0.3) is 5.92 Å². The average Bonchev–Trinajstić information content (AvgIpc) is 3.27. The number of amides is 3. The third-order valence-corrected chi connectivity index (χ3v) is 8.92. The van der Waals surface area contributed by atoms with Gasteiger partial charge in [0.2, 0.25) is 17.7 Å². The molecule has 1 saturated carbocycles. The molecule has 3 aliphatic heterocycles. The molecule has 3 amide bonds. The minimum atomic E-state index is -3.19. The highest BCUT2D eigenvalue weighted by Crippen LogP contribution is 2.46. The Kier molecular flexibility index (Phi) is 6.87. The Hall–Kier alpha value is -2.42. The van der Waals surface area contributed by atoms with E-state index in [0.717, 1.165) is 18.9 Å². The van der Waals surface area contributed by atoms with E-state index < -0.39 is 36.0 Å². The van der Waals surface area contributed by atoms with Crippen LogP contribution in [0.3, 0.4) is 0 Å². The molecule has 1 aromatic carbocycles. The van der Waals surface area contributed by atoms with E-state index in [1.54, 1.807) is 0 Å². The molecule has 1 spiro atoms. The van der Waals surface area contributed by atoms with Gasteiger partial charge in [0.05, 0.1) is 24.9 Å². The molecular weight excluding hydrogens is 471 g/mol. The average molecular weight is 506 g/mol. The van der Waals surface area contributed by atoms with Gasteiger partial charge in [-0.15, -0.1) is 0 Å². The number of nitrogens with zero attached hydrogens (tertiary/aromatic N) is 2. The molecule has 1 aliphatic carbocycles. The van der Waals surface area contributed by atoms with Crippen molar-refractivity contribution >= 4 is 17.7 Å². The zero-order valence-corrected chi connectivity index (χ0v) is 20.5. The zero-order valence-electron chi connectivity index (χ0n) is 20.5. The van der Waals surface area contributed by atoms with Crippen molar-refractivity contribution in [3.63, 3.8) is 0 Å². The SMILES string of the molecule is O=C1CCC(c2ccc(C3CCN(CC(=O)N4CCC5(CCCC5)CC4)CC3(F)F)c(F)c2)C(=O)N1. The first-order valence-corrected chi connectivity index (χ1v) is 13.2. The third-order valence-electron chi connectivity index (χ3n) is 8.92. The first-order valence-electron chi connectivity index (χ1n) is 13.2. The molecule has 9 heteroatoms. The summed E-state index contributed by atoms with van der Waals surface area (Å²) < 4.78 is 45.4. The molecule has 36 heavy (non-hydrogen) atoms. The summed E-state index contributed by atoms with van der Waals surface area (Å²) in [6.07, 6.45) is 7.47. The molecule has 0 bridgehead atoms. The summed E-state index contributed by atoms with van der Waals surface area (Å²) in [5, 5.41) is 2.24. The van der Waals surface area contributed by atoms with E-state index >= 15 is 13.2 Å². The smallest absolute Gasteiger partial charge is 0.267 e. The summed E-state index contributed by atoms with van der Waals surface area (Å²) in [5.74, 6) is -6.87. The Morgan fingerprint density at radius 2 is 1.75 bits per heavy atom. The molecule has 0 aromatic heterocycles. The van der Waals surface area contributed by atoms with E-state index in [1.807, 2.05) is 4.90 Å². The van der Waals surface area contributed by atoms with Crippen LogP contribution in [0.5, 0.6) is 0 Å². The van der Waals surface area contributed by atoms with Crippen molar-refractivity contribution in [3.8, 4) is 0 Å². The van der Waals surface area contributed by atoms with Gasteiger partial charge in [-0.2, -0.15) is 0 Å². The van der Waals surface area contributed by atoms with E-state index in [-0.39, 0.29) is 49.7 Å². The van der Waals surface area contributed by atoms with E-state index in [9.17, 15) is 14.4 Å². The summed E-state index contributed by atoms with van der Waals surface area (Å²) in [4.78, 5) is 39.6. The number of rotatable bonds is 4. The number of carbonyl (C=O) groups is 3. The summed E-state index contributed by atoms with van der Waals surface area (Å²) in [7, 11) is 0. The van der Waals surface area contributed by atoms with Gasteiger partial charge in [-0.3, -0.25) is 24.6 Å². The fourth-order valence-electron chi connectivity index (χ4n) is 6.73. The molecule has 5 rings (SSSR count). The van der Waals surface area contributed by atoms with Crippen LogP contribution in [-0.2, 0) is 14.4 Å². The molecular formula is C27H34F3N3O3. The van der Waals surface area contributed by atoms with Crippen molar-refractivity contribution in [1.82, 2.24) is 15.1 Å². The quantitative estimate of drug-likeness (QED) is 0.630. The van der Waals surface area contributed by atoms with E-state index in [0.29, 0.717) is 24.1 Å². The van der Waals surface area contributed by atoms with Gasteiger partial charge in [0, 0.05) is 19.5 Å². The third kappa shape index (κ3) is 5.04. The number of imide groups is 1. The van der Waals surface area contributed by atoms with Crippen LogP contribution in [0.4, 0.5) is 13.2 Å². The fourth-order valence-corrected chi connectivity index (χ4v) is 6.73. The lowest BCUT2D eigenvalue weighted by molar-refractivity contribution is -0.138. The maximum Gasteiger partial charge on any atom is 0.267 e. The predicted octanol–water partition coefficient (Wildman–Crippen LogP) is 3.95. The standard InChI is InChI=1S/C27H34F3N3O3/c28-22-15-18(19-5-6-23(34)31-25(19)36)3-4-20(22)21-7-12-32(17-27(21,29)30)16-24(35)33-13-10-26(11-14-33)8-1-2-9-26/h3-4,15,19,21H,1-2,5-14,16-17H2,(H,31,34,36). The van der Waals surface area contributed by atoms with Crippen molar-refractivity contribution < 1.29 is 27.6 Å². The van der Waals surface area contributed by atoms with E-state index in [4.69, 9.17) is 0 Å². The molecule has 1 N–H and O–H groups in total. The maximum absolute atomic E-state index is 15.2. The second kappa shape index (κ2) is 9.80. The van der Waals surface area contributed by atoms with Crippen LogP contribution in [0.25, 0.3) is 0 Å². The van der Waals surface area contributed by atoms with Gasteiger partial charge in [-0.05, 0) is 67.7 Å². The van der Waals surface area contributed by atoms with Gasteiger partial charge in [-0.25, -0.2) is 13.2 Å². The largest absolute Gasteiger partial charge is 0.342 e. The number of carbonyl (C=O) groups excluding carboxylic acids is 3. The van der Waals surface area contributed by atoms with Crippen LogP contribution in [0.2, 0.25) is 0 Å². The van der Waals surface area contributed by atoms with Crippen molar-refractivity contribution in [2.45, 2.75) is 75.5 Å². The van der Waals surface area contributed by atoms with E-state index in [1.165, 1.54) is 42.7 Å². The second-order valence-corrected chi connectivity index (χ2v) is 11.2. The summed E-state index contributed by atoms with van der Waals surface area (Å²) in [5.41, 5.74) is 0.702. The number of benzene rings is 1. The number of likely N-dealkylation sites (tertiary alicyclic amines) is 2. The van der Waals surface area contributed by atoms with Crippen LogP contribution in [0.1, 0.15) is 80.8 Å².